The fourth-order valence-electron chi connectivity index (χ4n) is 3.01. The number of nitrogens with zero attached hydrogens (tertiary/aromatic N) is 1. The molecular weight excluding hydrogens is 214 g/mol. The van der Waals surface area contributed by atoms with E-state index in [-0.39, 0.29) is 4.87 Å². The molecular formula is C14H17NS. The van der Waals surface area contributed by atoms with E-state index in [9.17, 15) is 0 Å². The first-order valence-corrected chi connectivity index (χ1v) is 6.82. The Morgan fingerprint density at radius 1 is 1.38 bits per heavy atom. The molecule has 0 amide bonds. The molecule has 0 aromatic heterocycles. The second-order valence-corrected chi connectivity index (χ2v) is 5.76. The highest BCUT2D eigenvalue weighted by Crippen LogP contribution is 2.69. The topological polar surface area (TPSA) is 3.24 Å². The van der Waals surface area contributed by atoms with Crippen molar-refractivity contribution in [2.24, 2.45) is 5.92 Å². The summed E-state index contributed by atoms with van der Waals surface area (Å²) in [5, 5.41) is 0. The molecule has 1 saturated carbocycles. The Kier molecular flexibility index (Phi) is 2.12. The van der Waals surface area contributed by atoms with Crippen molar-refractivity contribution in [3.05, 3.63) is 36.4 Å². The maximum absolute atomic E-state index is 4.27. The average molecular weight is 231 g/mol. The van der Waals surface area contributed by atoms with Crippen LogP contribution >= 0.6 is 11.8 Å². The summed E-state index contributed by atoms with van der Waals surface area (Å²) in [5.74, 6) is 0.671. The zero-order valence-electron chi connectivity index (χ0n) is 9.86. The Labute approximate surface area is 102 Å². The molecule has 2 heteroatoms. The summed E-state index contributed by atoms with van der Waals surface area (Å²) in [5.41, 5.74) is 2.81. The van der Waals surface area contributed by atoms with E-state index in [1.54, 1.807) is 0 Å². The summed E-state index contributed by atoms with van der Waals surface area (Å²) in [6.45, 7) is 9.85. The molecule has 84 valence electrons. The summed E-state index contributed by atoms with van der Waals surface area (Å²) in [4.78, 5) is 4.15. The van der Waals surface area contributed by atoms with Gasteiger partial charge in [0.2, 0.25) is 0 Å². The largest absolute Gasteiger partial charge is 0.352 e. The van der Waals surface area contributed by atoms with Crippen LogP contribution in [0, 0.1) is 5.92 Å². The van der Waals surface area contributed by atoms with E-state index in [1.165, 1.54) is 22.6 Å². The zero-order chi connectivity index (χ0) is 11.3. The lowest BCUT2D eigenvalue weighted by molar-refractivity contribution is 0.682. The number of likely N-dealkylation sites (N-methyl/N-ethyl adjacent to an activating group) is 1. The zero-order valence-corrected chi connectivity index (χ0v) is 10.7. The van der Waals surface area contributed by atoms with Gasteiger partial charge < -0.3 is 4.90 Å². The lowest BCUT2D eigenvalue weighted by Gasteiger charge is -2.25. The fraction of sp³-hybridized carbons (Fsp3) is 0.429. The maximum atomic E-state index is 4.27. The molecule has 2 aliphatic rings. The molecule has 0 radical (unpaired) electrons. The van der Waals surface area contributed by atoms with Gasteiger partial charge in [-0.2, -0.15) is 0 Å². The Morgan fingerprint density at radius 3 is 2.75 bits per heavy atom. The van der Waals surface area contributed by atoms with Crippen LogP contribution in [0.4, 0.5) is 5.69 Å². The van der Waals surface area contributed by atoms with Crippen molar-refractivity contribution in [1.82, 2.24) is 0 Å². The average Bonchev–Trinajstić information content (AvgIpc) is 2.72. The van der Waals surface area contributed by atoms with Gasteiger partial charge in [0.1, 0.15) is 4.87 Å². The summed E-state index contributed by atoms with van der Waals surface area (Å²) in [7, 11) is 0. The van der Waals surface area contributed by atoms with Crippen LogP contribution in [0.5, 0.6) is 0 Å². The standard InChI is InChI=1S/C14H17NS/c1-4-11-10(3)14(11)15(5-2)12-8-6-7-9-13(12)16-14/h6-9,11H,3-5H2,1-2H3. The molecule has 2 unspecified atom stereocenters. The van der Waals surface area contributed by atoms with Crippen LogP contribution in [0.3, 0.4) is 0 Å². The molecule has 1 aromatic rings. The first-order chi connectivity index (χ1) is 7.75. The van der Waals surface area contributed by atoms with Gasteiger partial charge in [0.15, 0.2) is 0 Å². The number of para-hydroxylation sites is 1. The Morgan fingerprint density at radius 2 is 2.12 bits per heavy atom. The normalized spacial score (nSPS) is 31.0. The minimum absolute atomic E-state index is 0.202. The number of thioether (sulfide) groups is 1. The van der Waals surface area contributed by atoms with E-state index in [4.69, 9.17) is 0 Å². The van der Waals surface area contributed by atoms with Gasteiger partial charge in [0.25, 0.3) is 0 Å². The monoisotopic (exact) mass is 231 g/mol. The third-order valence-electron chi connectivity index (χ3n) is 3.82. The van der Waals surface area contributed by atoms with Crippen molar-refractivity contribution in [3.63, 3.8) is 0 Å². The van der Waals surface area contributed by atoms with E-state index in [1.807, 2.05) is 11.8 Å². The molecule has 1 nitrogen and oxygen atoms in total. The van der Waals surface area contributed by atoms with Gasteiger partial charge in [0, 0.05) is 17.4 Å². The van der Waals surface area contributed by atoms with Gasteiger partial charge in [-0.25, -0.2) is 0 Å². The molecule has 1 aliphatic carbocycles. The molecule has 3 rings (SSSR count). The van der Waals surface area contributed by atoms with Crippen molar-refractivity contribution in [3.8, 4) is 0 Å². The quantitative estimate of drug-likeness (QED) is 0.710. The number of hydrogen-bond donors (Lipinski definition) is 0. The van der Waals surface area contributed by atoms with Crippen LogP contribution in [0.25, 0.3) is 0 Å². The third-order valence-corrected chi connectivity index (χ3v) is 5.46. The molecule has 1 spiro atoms. The van der Waals surface area contributed by atoms with E-state index < -0.39 is 0 Å². The van der Waals surface area contributed by atoms with Crippen LogP contribution in [0.15, 0.2) is 41.3 Å². The molecule has 0 saturated heterocycles. The van der Waals surface area contributed by atoms with Crippen molar-refractivity contribution < 1.29 is 0 Å². The first kappa shape index (κ1) is 10.3. The maximum Gasteiger partial charge on any atom is 0.119 e. The number of fused-ring (bicyclic) bond motifs is 1. The van der Waals surface area contributed by atoms with Gasteiger partial charge in [-0.05, 0) is 31.1 Å². The van der Waals surface area contributed by atoms with Crippen LogP contribution in [-0.4, -0.2) is 11.4 Å². The van der Waals surface area contributed by atoms with Crippen LogP contribution in [-0.2, 0) is 0 Å². The highest BCUT2D eigenvalue weighted by Gasteiger charge is 2.64. The predicted molar refractivity (Wildman–Crippen MR) is 71.0 cm³/mol. The summed E-state index contributed by atoms with van der Waals surface area (Å²) in [6, 6.07) is 8.73. The second-order valence-electron chi connectivity index (χ2n) is 4.50. The third kappa shape index (κ3) is 1.03. The van der Waals surface area contributed by atoms with Gasteiger partial charge in [0.05, 0.1) is 5.69 Å². The lowest BCUT2D eigenvalue weighted by atomic mass is 10.2. The summed E-state index contributed by atoms with van der Waals surface area (Å²) >= 11 is 2.00. The van der Waals surface area contributed by atoms with Gasteiger partial charge in [-0.3, -0.25) is 0 Å². The molecule has 0 bridgehead atoms. The Bertz CT molecular complexity index is 454. The predicted octanol–water partition coefficient (Wildman–Crippen LogP) is 3.91. The molecule has 2 atom stereocenters. The van der Waals surface area contributed by atoms with Crippen LogP contribution < -0.4 is 4.90 Å². The van der Waals surface area contributed by atoms with Crippen molar-refractivity contribution in [2.45, 2.75) is 30.0 Å². The second kappa shape index (κ2) is 3.30. The summed E-state index contributed by atoms with van der Waals surface area (Å²) in [6.07, 6.45) is 1.20. The van der Waals surface area contributed by atoms with E-state index in [0.29, 0.717) is 5.92 Å². The minimum atomic E-state index is 0.202. The van der Waals surface area contributed by atoms with Gasteiger partial charge in [-0.1, -0.05) is 37.4 Å². The highest BCUT2D eigenvalue weighted by molar-refractivity contribution is 8.02. The molecule has 1 aliphatic heterocycles. The Hall–Kier alpha value is -0.890. The number of hydrogen-bond acceptors (Lipinski definition) is 2. The fourth-order valence-corrected chi connectivity index (χ4v) is 4.78. The molecule has 1 heterocycles. The number of rotatable bonds is 2. The van der Waals surface area contributed by atoms with Crippen molar-refractivity contribution in [2.75, 3.05) is 11.4 Å². The van der Waals surface area contributed by atoms with E-state index in [0.717, 1.165) is 6.54 Å². The van der Waals surface area contributed by atoms with Crippen LogP contribution in [0.1, 0.15) is 20.3 Å². The first-order valence-electron chi connectivity index (χ1n) is 6.00. The molecule has 1 fully saturated rings. The Balaban J connectivity index is 2.06. The molecule has 0 N–H and O–H groups in total. The minimum Gasteiger partial charge on any atom is -0.352 e. The van der Waals surface area contributed by atoms with Crippen LogP contribution in [0.2, 0.25) is 0 Å². The molecule has 16 heavy (non-hydrogen) atoms. The number of anilines is 1. The van der Waals surface area contributed by atoms with Crippen molar-refractivity contribution in [1.29, 1.82) is 0 Å². The SMILES string of the molecule is C=C1C(CC)C12Sc1ccccc1N2CC. The van der Waals surface area contributed by atoms with Gasteiger partial charge >= 0.3 is 0 Å². The van der Waals surface area contributed by atoms with E-state index in [2.05, 4.69) is 49.6 Å². The lowest BCUT2D eigenvalue weighted by Crippen LogP contribution is -2.32. The van der Waals surface area contributed by atoms with Crippen molar-refractivity contribution >= 4 is 17.4 Å². The smallest absolute Gasteiger partial charge is 0.119 e. The number of benzene rings is 1. The highest BCUT2D eigenvalue weighted by atomic mass is 32.2. The summed E-state index contributed by atoms with van der Waals surface area (Å²) < 4.78 is 0. The molecule has 1 aromatic carbocycles. The van der Waals surface area contributed by atoms with Gasteiger partial charge in [-0.15, -0.1) is 0 Å². The van der Waals surface area contributed by atoms with E-state index >= 15 is 0 Å².